The van der Waals surface area contributed by atoms with Crippen LogP contribution in [0.5, 0.6) is 5.75 Å². The normalized spacial score (nSPS) is 17.2. The topological polar surface area (TPSA) is 64.1 Å². The van der Waals surface area contributed by atoms with Gasteiger partial charge in [-0.05, 0) is 30.5 Å². The van der Waals surface area contributed by atoms with Crippen molar-refractivity contribution in [2.45, 2.75) is 25.5 Å². The van der Waals surface area contributed by atoms with Crippen LogP contribution in [0.3, 0.4) is 0 Å². The van der Waals surface area contributed by atoms with Crippen molar-refractivity contribution in [1.82, 2.24) is 10.6 Å². The maximum absolute atomic E-state index is 5.60. The second kappa shape index (κ2) is 12.3. The molecule has 1 aliphatic rings. The maximum Gasteiger partial charge on any atom is 0.191 e. The van der Waals surface area contributed by atoms with E-state index in [1.165, 1.54) is 5.56 Å². The van der Waals surface area contributed by atoms with Crippen molar-refractivity contribution in [3.63, 3.8) is 0 Å². The first-order valence-electron chi connectivity index (χ1n) is 8.08. The molecule has 1 fully saturated rings. The molecule has 0 amide bonds. The van der Waals surface area contributed by atoms with Crippen LogP contribution in [0, 0.1) is 0 Å². The van der Waals surface area contributed by atoms with E-state index < -0.39 is 0 Å². The predicted octanol–water partition coefficient (Wildman–Crippen LogP) is 2.17. The smallest absolute Gasteiger partial charge is 0.191 e. The summed E-state index contributed by atoms with van der Waals surface area (Å²) in [7, 11) is 3.44. The fourth-order valence-corrected chi connectivity index (χ4v) is 2.37. The summed E-state index contributed by atoms with van der Waals surface area (Å²) in [4.78, 5) is 4.23. The van der Waals surface area contributed by atoms with E-state index in [0.29, 0.717) is 25.9 Å². The summed E-state index contributed by atoms with van der Waals surface area (Å²) in [5, 5.41) is 6.61. The third-order valence-corrected chi connectivity index (χ3v) is 3.68. The fraction of sp³-hybridized carbons (Fsp3) is 0.588. The molecule has 1 aromatic carbocycles. The molecule has 1 saturated heterocycles. The second-order valence-corrected chi connectivity index (χ2v) is 5.43. The van der Waals surface area contributed by atoms with Crippen LogP contribution >= 0.6 is 24.0 Å². The molecule has 0 saturated carbocycles. The SMILES string of the molecule is CN=C(NCc1ccc(OCCOC)cc1)NCC1CCCO1.I. The predicted molar refractivity (Wildman–Crippen MR) is 106 cm³/mol. The van der Waals surface area contributed by atoms with Gasteiger partial charge < -0.3 is 24.8 Å². The van der Waals surface area contributed by atoms with Gasteiger partial charge >= 0.3 is 0 Å². The number of hydrogen-bond acceptors (Lipinski definition) is 4. The average molecular weight is 449 g/mol. The molecular formula is C17H28IN3O3. The van der Waals surface area contributed by atoms with Crippen molar-refractivity contribution in [3.8, 4) is 5.75 Å². The van der Waals surface area contributed by atoms with Crippen LogP contribution in [0.1, 0.15) is 18.4 Å². The molecule has 0 spiro atoms. The number of halogens is 1. The van der Waals surface area contributed by atoms with Crippen LogP contribution in [0.4, 0.5) is 0 Å². The van der Waals surface area contributed by atoms with Gasteiger partial charge in [0.2, 0.25) is 0 Å². The zero-order valence-electron chi connectivity index (χ0n) is 14.4. The Morgan fingerprint density at radius 1 is 1.25 bits per heavy atom. The van der Waals surface area contributed by atoms with E-state index >= 15 is 0 Å². The highest BCUT2D eigenvalue weighted by Gasteiger charge is 2.15. The van der Waals surface area contributed by atoms with Crippen LogP contribution in [-0.2, 0) is 16.0 Å². The first-order valence-corrected chi connectivity index (χ1v) is 8.08. The van der Waals surface area contributed by atoms with Gasteiger partial charge in [0.1, 0.15) is 12.4 Å². The fourth-order valence-electron chi connectivity index (χ4n) is 2.37. The number of nitrogens with one attached hydrogen (secondary N) is 2. The Bertz CT molecular complexity index is 476. The van der Waals surface area contributed by atoms with Crippen LogP contribution in [0.2, 0.25) is 0 Å². The zero-order valence-corrected chi connectivity index (χ0v) is 16.7. The highest BCUT2D eigenvalue weighted by atomic mass is 127. The summed E-state index contributed by atoms with van der Waals surface area (Å²) >= 11 is 0. The van der Waals surface area contributed by atoms with Gasteiger partial charge in [0.05, 0.1) is 12.7 Å². The summed E-state index contributed by atoms with van der Waals surface area (Å²) in [6.45, 7) is 3.54. The number of guanidine groups is 1. The Labute approximate surface area is 161 Å². The first kappa shape index (κ1) is 21.0. The third kappa shape index (κ3) is 7.67. The van der Waals surface area contributed by atoms with Gasteiger partial charge in [-0.2, -0.15) is 0 Å². The lowest BCUT2D eigenvalue weighted by Gasteiger charge is -2.15. The first-order chi connectivity index (χ1) is 11.3. The molecule has 1 aromatic rings. The van der Waals surface area contributed by atoms with E-state index in [9.17, 15) is 0 Å². The van der Waals surface area contributed by atoms with Crippen molar-refractivity contribution in [3.05, 3.63) is 29.8 Å². The molecule has 1 heterocycles. The Hall–Kier alpha value is -1.06. The lowest BCUT2D eigenvalue weighted by molar-refractivity contribution is 0.114. The maximum atomic E-state index is 5.60. The van der Waals surface area contributed by atoms with Crippen molar-refractivity contribution >= 4 is 29.9 Å². The standard InChI is InChI=1S/C17H27N3O3.HI/c1-18-17(20-13-16-4-3-9-22-16)19-12-14-5-7-15(8-6-14)23-11-10-21-2;/h5-8,16H,3-4,9-13H2,1-2H3,(H2,18,19,20);1H. The van der Waals surface area contributed by atoms with Gasteiger partial charge in [-0.3, -0.25) is 4.99 Å². The van der Waals surface area contributed by atoms with E-state index in [-0.39, 0.29) is 24.0 Å². The molecule has 6 nitrogen and oxygen atoms in total. The molecule has 1 atom stereocenters. The van der Waals surface area contributed by atoms with Crippen molar-refractivity contribution < 1.29 is 14.2 Å². The largest absolute Gasteiger partial charge is 0.491 e. The van der Waals surface area contributed by atoms with E-state index in [0.717, 1.165) is 37.7 Å². The Balaban J connectivity index is 0.00000288. The summed E-state index contributed by atoms with van der Waals surface area (Å²) < 4.78 is 16.1. The minimum atomic E-state index is 0. The Morgan fingerprint density at radius 2 is 2.04 bits per heavy atom. The summed E-state index contributed by atoms with van der Waals surface area (Å²) in [6.07, 6.45) is 2.57. The van der Waals surface area contributed by atoms with Crippen LogP contribution < -0.4 is 15.4 Å². The number of methoxy groups -OCH3 is 1. The number of rotatable bonds is 8. The lowest BCUT2D eigenvalue weighted by atomic mass is 10.2. The van der Waals surface area contributed by atoms with Gasteiger partial charge in [-0.25, -0.2) is 0 Å². The monoisotopic (exact) mass is 449 g/mol. The van der Waals surface area contributed by atoms with Gasteiger partial charge in [0.25, 0.3) is 0 Å². The molecule has 2 N–H and O–H groups in total. The van der Waals surface area contributed by atoms with Gasteiger partial charge in [-0.15, -0.1) is 24.0 Å². The number of benzene rings is 1. The van der Waals surface area contributed by atoms with E-state index in [1.54, 1.807) is 14.2 Å². The molecule has 2 rings (SSSR count). The van der Waals surface area contributed by atoms with Crippen molar-refractivity contribution in [2.24, 2.45) is 4.99 Å². The zero-order chi connectivity index (χ0) is 16.3. The quantitative estimate of drug-likeness (QED) is 0.276. The molecule has 1 unspecified atom stereocenters. The minimum absolute atomic E-state index is 0. The lowest BCUT2D eigenvalue weighted by Crippen LogP contribution is -2.40. The van der Waals surface area contributed by atoms with Gasteiger partial charge in [0, 0.05) is 33.9 Å². The van der Waals surface area contributed by atoms with E-state index in [1.807, 2.05) is 24.3 Å². The van der Waals surface area contributed by atoms with Gasteiger partial charge in [0.15, 0.2) is 5.96 Å². The summed E-state index contributed by atoms with van der Waals surface area (Å²) in [5.41, 5.74) is 1.17. The van der Waals surface area contributed by atoms with Gasteiger partial charge in [-0.1, -0.05) is 12.1 Å². The second-order valence-electron chi connectivity index (χ2n) is 5.43. The molecule has 24 heavy (non-hydrogen) atoms. The third-order valence-electron chi connectivity index (χ3n) is 3.68. The molecule has 0 radical (unpaired) electrons. The Kier molecular flexibility index (Phi) is 10.8. The number of hydrogen-bond donors (Lipinski definition) is 2. The summed E-state index contributed by atoms with van der Waals surface area (Å²) in [6, 6.07) is 8.02. The van der Waals surface area contributed by atoms with Crippen LogP contribution in [-0.4, -0.2) is 52.6 Å². The molecule has 0 bridgehead atoms. The molecule has 7 heteroatoms. The van der Waals surface area contributed by atoms with Crippen molar-refractivity contribution in [1.29, 1.82) is 0 Å². The molecular weight excluding hydrogens is 421 g/mol. The number of aliphatic imine (C=N–C) groups is 1. The molecule has 0 aromatic heterocycles. The number of nitrogens with zero attached hydrogens (tertiary/aromatic N) is 1. The van der Waals surface area contributed by atoms with Crippen LogP contribution in [0.15, 0.2) is 29.3 Å². The average Bonchev–Trinajstić information content (AvgIpc) is 3.10. The molecule has 136 valence electrons. The highest BCUT2D eigenvalue weighted by molar-refractivity contribution is 14.0. The van der Waals surface area contributed by atoms with E-state index in [2.05, 4.69) is 15.6 Å². The highest BCUT2D eigenvalue weighted by Crippen LogP contribution is 2.12. The molecule has 1 aliphatic heterocycles. The van der Waals surface area contributed by atoms with Crippen molar-refractivity contribution in [2.75, 3.05) is 40.5 Å². The minimum Gasteiger partial charge on any atom is -0.491 e. The molecule has 0 aliphatic carbocycles. The number of ether oxygens (including phenoxy) is 3. The van der Waals surface area contributed by atoms with E-state index in [4.69, 9.17) is 14.2 Å². The Morgan fingerprint density at radius 3 is 2.67 bits per heavy atom. The van der Waals surface area contributed by atoms with Crippen LogP contribution in [0.25, 0.3) is 0 Å². The summed E-state index contributed by atoms with van der Waals surface area (Å²) in [5.74, 6) is 1.65.